The topological polar surface area (TPSA) is 85.8 Å². The van der Waals surface area contributed by atoms with E-state index < -0.39 is 4.92 Å². The average molecular weight is 318 g/mol. The summed E-state index contributed by atoms with van der Waals surface area (Å²) in [6, 6.07) is 9.75. The van der Waals surface area contributed by atoms with Crippen molar-refractivity contribution in [3.63, 3.8) is 0 Å². The molecule has 2 aromatic rings. The summed E-state index contributed by atoms with van der Waals surface area (Å²) >= 11 is 0. The number of nitro groups is 1. The fraction of sp³-hybridized carbons (Fsp3) is 0.312. The Morgan fingerprint density at radius 2 is 2.04 bits per heavy atom. The molecule has 0 unspecified atom stereocenters. The Kier molecular flexibility index (Phi) is 5.35. The second-order valence-corrected chi connectivity index (χ2v) is 5.09. The first kappa shape index (κ1) is 16.5. The van der Waals surface area contributed by atoms with Gasteiger partial charge in [0.15, 0.2) is 5.75 Å². The van der Waals surface area contributed by atoms with E-state index in [9.17, 15) is 14.9 Å². The minimum Gasteiger partial charge on any atom is -0.486 e. The van der Waals surface area contributed by atoms with Crippen molar-refractivity contribution in [2.24, 2.45) is 0 Å². The van der Waals surface area contributed by atoms with Gasteiger partial charge < -0.3 is 14.1 Å². The Hall–Kier alpha value is -2.83. The summed E-state index contributed by atoms with van der Waals surface area (Å²) in [6.07, 6.45) is 0.127. The van der Waals surface area contributed by atoms with Gasteiger partial charge in [-0.1, -0.05) is 12.1 Å². The molecule has 0 N–H and O–H groups in total. The van der Waals surface area contributed by atoms with Crippen LogP contribution in [0.1, 0.15) is 17.9 Å². The van der Waals surface area contributed by atoms with Crippen LogP contribution < -0.4 is 4.74 Å². The van der Waals surface area contributed by atoms with Crippen LogP contribution in [0.15, 0.2) is 40.8 Å². The molecular formula is C16H18N2O5. The molecule has 7 nitrogen and oxygen atoms in total. The molecule has 1 aromatic heterocycles. The first-order valence-electron chi connectivity index (χ1n) is 7.13. The van der Waals surface area contributed by atoms with Crippen molar-refractivity contribution in [2.75, 3.05) is 13.7 Å². The highest BCUT2D eigenvalue weighted by molar-refractivity contribution is 5.75. The summed E-state index contributed by atoms with van der Waals surface area (Å²) in [4.78, 5) is 23.9. The first-order chi connectivity index (χ1) is 11.0. The van der Waals surface area contributed by atoms with Gasteiger partial charge in [-0.05, 0) is 25.1 Å². The van der Waals surface area contributed by atoms with Crippen LogP contribution in [0.3, 0.4) is 0 Å². The summed E-state index contributed by atoms with van der Waals surface area (Å²) in [7, 11) is 1.67. The molecule has 0 fully saturated rings. The molecule has 0 aliphatic carbocycles. The van der Waals surface area contributed by atoms with E-state index in [-0.39, 0.29) is 30.4 Å². The van der Waals surface area contributed by atoms with Crippen molar-refractivity contribution in [3.05, 3.63) is 58.0 Å². The molecule has 1 heterocycles. The molecular weight excluding hydrogens is 300 g/mol. The quantitative estimate of drug-likeness (QED) is 0.579. The molecule has 0 radical (unpaired) electrons. The SMILES string of the molecule is Cc1ccc(CN(C)C(=O)CCOc2ccccc2[N+](=O)[O-])o1. The third-order valence-electron chi connectivity index (χ3n) is 3.25. The lowest BCUT2D eigenvalue weighted by atomic mass is 10.3. The third-order valence-corrected chi connectivity index (χ3v) is 3.25. The molecule has 0 atom stereocenters. The van der Waals surface area contributed by atoms with Crippen molar-refractivity contribution >= 4 is 11.6 Å². The van der Waals surface area contributed by atoms with Gasteiger partial charge in [0.2, 0.25) is 5.91 Å². The second-order valence-electron chi connectivity index (χ2n) is 5.09. The van der Waals surface area contributed by atoms with Gasteiger partial charge in [-0.25, -0.2) is 0 Å². The normalized spacial score (nSPS) is 10.3. The van der Waals surface area contributed by atoms with Gasteiger partial charge in [0.05, 0.1) is 24.5 Å². The number of rotatable bonds is 7. The third kappa shape index (κ3) is 4.57. The number of furan rings is 1. The number of ether oxygens (including phenoxy) is 1. The number of nitro benzene ring substituents is 1. The number of hydrogen-bond donors (Lipinski definition) is 0. The summed E-state index contributed by atoms with van der Waals surface area (Å²) in [5.74, 6) is 1.53. The Balaban J connectivity index is 1.84. The van der Waals surface area contributed by atoms with Gasteiger partial charge in [-0.15, -0.1) is 0 Å². The van der Waals surface area contributed by atoms with Crippen molar-refractivity contribution in [2.45, 2.75) is 19.9 Å². The molecule has 122 valence electrons. The molecule has 1 aromatic carbocycles. The molecule has 7 heteroatoms. The van der Waals surface area contributed by atoms with E-state index in [0.717, 1.165) is 5.76 Å². The zero-order chi connectivity index (χ0) is 16.8. The van der Waals surface area contributed by atoms with Crippen molar-refractivity contribution < 1.29 is 18.9 Å². The molecule has 0 spiro atoms. The van der Waals surface area contributed by atoms with Gasteiger partial charge >= 0.3 is 5.69 Å². The number of para-hydroxylation sites is 2. The van der Waals surface area contributed by atoms with Gasteiger partial charge in [-0.2, -0.15) is 0 Å². The van der Waals surface area contributed by atoms with Crippen LogP contribution in [0.5, 0.6) is 5.75 Å². The van der Waals surface area contributed by atoms with E-state index in [1.54, 1.807) is 19.2 Å². The highest BCUT2D eigenvalue weighted by Crippen LogP contribution is 2.25. The van der Waals surface area contributed by atoms with E-state index >= 15 is 0 Å². The van der Waals surface area contributed by atoms with Gasteiger partial charge in [0.1, 0.15) is 11.5 Å². The molecule has 0 saturated carbocycles. The molecule has 0 aliphatic rings. The van der Waals surface area contributed by atoms with E-state index in [2.05, 4.69) is 0 Å². The molecule has 23 heavy (non-hydrogen) atoms. The molecule has 2 rings (SSSR count). The van der Waals surface area contributed by atoms with Crippen LogP contribution in [0.25, 0.3) is 0 Å². The monoisotopic (exact) mass is 318 g/mol. The highest BCUT2D eigenvalue weighted by Gasteiger charge is 2.15. The fourth-order valence-corrected chi connectivity index (χ4v) is 2.06. The van der Waals surface area contributed by atoms with E-state index in [0.29, 0.717) is 12.3 Å². The van der Waals surface area contributed by atoms with Gasteiger partial charge in [0, 0.05) is 13.1 Å². The van der Waals surface area contributed by atoms with Crippen LogP contribution >= 0.6 is 0 Å². The zero-order valence-electron chi connectivity index (χ0n) is 13.0. The minimum atomic E-state index is -0.511. The molecule has 0 saturated heterocycles. The maximum Gasteiger partial charge on any atom is 0.310 e. The summed E-state index contributed by atoms with van der Waals surface area (Å²) in [5.41, 5.74) is -0.112. The van der Waals surface area contributed by atoms with E-state index in [4.69, 9.17) is 9.15 Å². The standard InChI is InChI=1S/C16H18N2O5/c1-12-7-8-13(23-12)11-17(2)16(19)9-10-22-15-6-4-3-5-14(15)18(20)21/h3-8H,9-11H2,1-2H3. The predicted molar refractivity (Wildman–Crippen MR) is 83.1 cm³/mol. The zero-order valence-corrected chi connectivity index (χ0v) is 13.0. The number of benzene rings is 1. The van der Waals surface area contributed by atoms with Crippen molar-refractivity contribution in [3.8, 4) is 5.75 Å². The Morgan fingerprint density at radius 3 is 2.70 bits per heavy atom. The smallest absolute Gasteiger partial charge is 0.310 e. The Morgan fingerprint density at radius 1 is 1.30 bits per heavy atom. The lowest BCUT2D eigenvalue weighted by molar-refractivity contribution is -0.385. The summed E-state index contributed by atoms with van der Waals surface area (Å²) in [6.45, 7) is 2.29. The number of aryl methyl sites for hydroxylation is 1. The van der Waals surface area contributed by atoms with E-state index in [1.165, 1.54) is 17.0 Å². The van der Waals surface area contributed by atoms with Crippen LogP contribution in [-0.4, -0.2) is 29.4 Å². The van der Waals surface area contributed by atoms with Crippen LogP contribution in [0, 0.1) is 17.0 Å². The summed E-state index contributed by atoms with van der Waals surface area (Å²) < 4.78 is 10.8. The average Bonchev–Trinajstić information content (AvgIpc) is 2.92. The van der Waals surface area contributed by atoms with Crippen molar-refractivity contribution in [1.82, 2.24) is 4.90 Å². The number of amides is 1. The largest absolute Gasteiger partial charge is 0.486 e. The van der Waals surface area contributed by atoms with Gasteiger partial charge in [0.25, 0.3) is 0 Å². The van der Waals surface area contributed by atoms with Crippen LogP contribution in [0.4, 0.5) is 5.69 Å². The Bertz CT molecular complexity index is 695. The molecule has 0 bridgehead atoms. The summed E-state index contributed by atoms with van der Waals surface area (Å²) in [5, 5.41) is 10.9. The number of nitrogens with zero attached hydrogens (tertiary/aromatic N) is 2. The number of carbonyl (C=O) groups excluding carboxylic acids is 1. The maximum absolute atomic E-state index is 12.0. The van der Waals surface area contributed by atoms with E-state index in [1.807, 2.05) is 19.1 Å². The van der Waals surface area contributed by atoms with Crippen molar-refractivity contribution in [1.29, 1.82) is 0 Å². The number of hydrogen-bond acceptors (Lipinski definition) is 5. The fourth-order valence-electron chi connectivity index (χ4n) is 2.06. The predicted octanol–water partition coefficient (Wildman–Crippen LogP) is 2.92. The van der Waals surface area contributed by atoms with Crippen LogP contribution in [-0.2, 0) is 11.3 Å². The lowest BCUT2D eigenvalue weighted by Gasteiger charge is -2.16. The minimum absolute atomic E-state index is 0.0746. The Labute approximate surface area is 133 Å². The first-order valence-corrected chi connectivity index (χ1v) is 7.13. The van der Waals surface area contributed by atoms with Crippen LogP contribution in [0.2, 0.25) is 0 Å². The van der Waals surface area contributed by atoms with Gasteiger partial charge in [-0.3, -0.25) is 14.9 Å². The number of carbonyl (C=O) groups is 1. The maximum atomic E-state index is 12.0. The lowest BCUT2D eigenvalue weighted by Crippen LogP contribution is -2.27. The highest BCUT2D eigenvalue weighted by atomic mass is 16.6. The second kappa shape index (κ2) is 7.44. The molecule has 1 amide bonds. The molecule has 0 aliphatic heterocycles.